The van der Waals surface area contributed by atoms with Gasteiger partial charge in [0.15, 0.2) is 0 Å². The lowest BCUT2D eigenvalue weighted by atomic mass is 10.3. The van der Waals surface area contributed by atoms with Gasteiger partial charge < -0.3 is 5.11 Å². The molecule has 104 valence electrons. The number of rotatable bonds is 6. The molecule has 0 unspecified atom stereocenters. The molecule has 0 heterocycles. The zero-order valence-electron chi connectivity index (χ0n) is 9.91. The molecule has 0 aliphatic heterocycles. The fourth-order valence-electron chi connectivity index (χ4n) is 1.52. The Hall–Kier alpha value is -1.31. The highest BCUT2D eigenvalue weighted by Gasteiger charge is 2.32. The van der Waals surface area contributed by atoms with E-state index in [0.717, 1.165) is 17.1 Å². The van der Waals surface area contributed by atoms with Crippen molar-refractivity contribution in [2.24, 2.45) is 0 Å². The van der Waals surface area contributed by atoms with Crippen molar-refractivity contribution in [3.63, 3.8) is 0 Å². The number of hydrogen-bond donors (Lipinski definition) is 2. The summed E-state index contributed by atoms with van der Waals surface area (Å²) in [5.41, 5.74) is 0.264. The van der Waals surface area contributed by atoms with Gasteiger partial charge in [0, 0.05) is 11.1 Å². The number of carboxylic acids is 1. The number of halogens is 1. The Kier molecular flexibility index (Phi) is 3.98. The Morgan fingerprint density at radius 2 is 1.95 bits per heavy atom. The normalized spacial score (nSPS) is 15.2. The van der Waals surface area contributed by atoms with Gasteiger partial charge in [0.05, 0.1) is 5.69 Å². The van der Waals surface area contributed by atoms with Gasteiger partial charge in [0.2, 0.25) is 0 Å². The van der Waals surface area contributed by atoms with Crippen molar-refractivity contribution >= 4 is 33.5 Å². The predicted molar refractivity (Wildman–Crippen MR) is 71.5 cm³/mol. The van der Waals surface area contributed by atoms with E-state index < -0.39 is 22.7 Å². The third-order valence-corrected chi connectivity index (χ3v) is 4.38. The Bertz CT molecular complexity index is 569. The van der Waals surface area contributed by atoms with Crippen LogP contribution in [0.4, 0.5) is 5.69 Å². The first-order chi connectivity index (χ1) is 8.88. The van der Waals surface area contributed by atoms with Crippen LogP contribution in [0.1, 0.15) is 12.8 Å². The molecular formula is C11H13ClN2O4S. The van der Waals surface area contributed by atoms with Crippen LogP contribution in [0, 0.1) is 0 Å². The second-order valence-electron chi connectivity index (χ2n) is 4.27. The van der Waals surface area contributed by atoms with Crippen LogP contribution in [0.25, 0.3) is 0 Å². The van der Waals surface area contributed by atoms with Crippen LogP contribution in [0.15, 0.2) is 24.3 Å². The molecule has 2 rings (SSSR count). The molecule has 0 amide bonds. The molecule has 0 bridgehead atoms. The lowest BCUT2D eigenvalue weighted by Gasteiger charge is -2.22. The van der Waals surface area contributed by atoms with E-state index in [2.05, 4.69) is 4.72 Å². The van der Waals surface area contributed by atoms with Crippen LogP contribution in [0.5, 0.6) is 0 Å². The summed E-state index contributed by atoms with van der Waals surface area (Å²) in [7, 11) is -3.86. The topological polar surface area (TPSA) is 86.7 Å². The number of benzene rings is 1. The smallest absolute Gasteiger partial charge is 0.324 e. The average Bonchev–Trinajstić information content (AvgIpc) is 3.10. The van der Waals surface area contributed by atoms with Gasteiger partial charge in [-0.3, -0.25) is 4.79 Å². The maximum atomic E-state index is 12.1. The maximum absolute atomic E-state index is 12.1. The SMILES string of the molecule is O=C(O)CN(c1ccc(Cl)cc1)S(=O)(=O)NC1CC1. The van der Waals surface area contributed by atoms with E-state index in [4.69, 9.17) is 16.7 Å². The van der Waals surface area contributed by atoms with Crippen molar-refractivity contribution in [2.45, 2.75) is 18.9 Å². The number of hydrogen-bond acceptors (Lipinski definition) is 3. The number of aliphatic carboxylic acids is 1. The molecule has 2 N–H and O–H groups in total. The van der Waals surface area contributed by atoms with Crippen molar-refractivity contribution in [2.75, 3.05) is 10.8 Å². The standard InChI is InChI=1S/C11H13ClN2O4S/c12-8-1-5-10(6-2-8)14(7-11(15)16)19(17,18)13-9-3-4-9/h1-2,5-6,9,13H,3-4,7H2,(H,15,16). The Morgan fingerprint density at radius 1 is 1.37 bits per heavy atom. The zero-order chi connectivity index (χ0) is 14.0. The third-order valence-electron chi connectivity index (χ3n) is 2.58. The number of nitrogens with one attached hydrogen (secondary N) is 1. The first kappa shape index (κ1) is 14.1. The molecule has 1 aliphatic rings. The Morgan fingerprint density at radius 3 is 2.42 bits per heavy atom. The molecule has 1 aliphatic carbocycles. The number of nitrogens with zero attached hydrogens (tertiary/aromatic N) is 1. The monoisotopic (exact) mass is 304 g/mol. The lowest BCUT2D eigenvalue weighted by molar-refractivity contribution is -0.135. The lowest BCUT2D eigenvalue weighted by Crippen LogP contribution is -2.44. The molecule has 0 saturated heterocycles. The summed E-state index contributed by atoms with van der Waals surface area (Å²) in [6.45, 7) is -0.635. The van der Waals surface area contributed by atoms with Gasteiger partial charge in [0.1, 0.15) is 6.54 Å². The molecular weight excluding hydrogens is 292 g/mol. The number of carbonyl (C=O) groups is 1. The van der Waals surface area contributed by atoms with Crippen molar-refractivity contribution in [3.05, 3.63) is 29.3 Å². The van der Waals surface area contributed by atoms with Crippen LogP contribution in [0.3, 0.4) is 0 Å². The molecule has 8 heteroatoms. The fourth-order valence-corrected chi connectivity index (χ4v) is 3.11. The summed E-state index contributed by atoms with van der Waals surface area (Å²) in [6.07, 6.45) is 1.56. The highest BCUT2D eigenvalue weighted by atomic mass is 35.5. The first-order valence-corrected chi connectivity index (χ1v) is 7.47. The first-order valence-electron chi connectivity index (χ1n) is 5.66. The van der Waals surface area contributed by atoms with Gasteiger partial charge in [-0.05, 0) is 37.1 Å². The van der Waals surface area contributed by atoms with Crippen LogP contribution in [0.2, 0.25) is 5.02 Å². The molecule has 1 saturated carbocycles. The Labute approximate surface area is 116 Å². The van der Waals surface area contributed by atoms with Crippen LogP contribution >= 0.6 is 11.6 Å². The van der Waals surface area contributed by atoms with E-state index in [1.807, 2.05) is 0 Å². The molecule has 19 heavy (non-hydrogen) atoms. The van der Waals surface area contributed by atoms with Gasteiger partial charge in [0.25, 0.3) is 0 Å². The second kappa shape index (κ2) is 5.36. The summed E-state index contributed by atoms with van der Waals surface area (Å²) in [5.74, 6) is -1.23. The van der Waals surface area contributed by atoms with Crippen molar-refractivity contribution in [1.82, 2.24) is 4.72 Å². The minimum absolute atomic E-state index is 0.0893. The van der Waals surface area contributed by atoms with Crippen molar-refractivity contribution in [1.29, 1.82) is 0 Å². The molecule has 0 atom stereocenters. The van der Waals surface area contributed by atoms with Crippen molar-refractivity contribution < 1.29 is 18.3 Å². The van der Waals surface area contributed by atoms with Crippen LogP contribution in [-0.4, -0.2) is 32.1 Å². The van der Waals surface area contributed by atoms with Gasteiger partial charge in [-0.1, -0.05) is 11.6 Å². The second-order valence-corrected chi connectivity index (χ2v) is 6.34. The summed E-state index contributed by atoms with van der Waals surface area (Å²) in [5, 5.41) is 9.30. The van der Waals surface area contributed by atoms with E-state index >= 15 is 0 Å². The van der Waals surface area contributed by atoms with Crippen molar-refractivity contribution in [3.8, 4) is 0 Å². The minimum atomic E-state index is -3.86. The molecule has 1 aromatic rings. The van der Waals surface area contributed by atoms with Crippen LogP contribution < -0.4 is 9.03 Å². The fraction of sp³-hybridized carbons (Fsp3) is 0.364. The van der Waals surface area contributed by atoms with Gasteiger partial charge in [-0.25, -0.2) is 4.31 Å². The van der Waals surface area contributed by atoms with E-state index in [1.165, 1.54) is 24.3 Å². The molecule has 0 spiro atoms. The third kappa shape index (κ3) is 3.82. The van der Waals surface area contributed by atoms with E-state index in [1.54, 1.807) is 0 Å². The van der Waals surface area contributed by atoms with E-state index in [-0.39, 0.29) is 11.7 Å². The number of anilines is 1. The molecule has 1 fully saturated rings. The van der Waals surface area contributed by atoms with Gasteiger partial charge in [-0.2, -0.15) is 13.1 Å². The maximum Gasteiger partial charge on any atom is 0.324 e. The summed E-state index contributed by atoms with van der Waals surface area (Å²) >= 11 is 5.73. The highest BCUT2D eigenvalue weighted by Crippen LogP contribution is 2.24. The molecule has 6 nitrogen and oxygen atoms in total. The number of carboxylic acid groups (broad SMARTS) is 1. The molecule has 0 aromatic heterocycles. The molecule has 0 radical (unpaired) electrons. The highest BCUT2D eigenvalue weighted by molar-refractivity contribution is 7.91. The quantitative estimate of drug-likeness (QED) is 0.827. The minimum Gasteiger partial charge on any atom is -0.480 e. The predicted octanol–water partition coefficient (Wildman–Crippen LogP) is 1.23. The zero-order valence-corrected chi connectivity index (χ0v) is 11.5. The average molecular weight is 305 g/mol. The summed E-state index contributed by atoms with van der Waals surface area (Å²) in [4.78, 5) is 10.8. The summed E-state index contributed by atoms with van der Waals surface area (Å²) in [6, 6.07) is 5.87. The van der Waals surface area contributed by atoms with Gasteiger partial charge >= 0.3 is 16.2 Å². The van der Waals surface area contributed by atoms with Crippen LogP contribution in [-0.2, 0) is 15.0 Å². The molecule has 1 aromatic carbocycles. The van der Waals surface area contributed by atoms with E-state index in [9.17, 15) is 13.2 Å². The summed E-state index contributed by atoms with van der Waals surface area (Å²) < 4.78 is 27.5. The van der Waals surface area contributed by atoms with E-state index in [0.29, 0.717) is 5.02 Å². The largest absolute Gasteiger partial charge is 0.480 e. The van der Waals surface area contributed by atoms with Gasteiger partial charge in [-0.15, -0.1) is 0 Å². The Balaban J connectivity index is 2.28.